The number of sulfonamides is 2. The molecule has 154 valence electrons. The van der Waals surface area contributed by atoms with Gasteiger partial charge in [-0.15, -0.1) is 0 Å². The summed E-state index contributed by atoms with van der Waals surface area (Å²) < 4.78 is 110. The molecular weight excluding hydrogens is 414 g/mol. The smallest absolute Gasteiger partial charge is 0.421 e. The van der Waals surface area contributed by atoms with Crippen LogP contribution in [0.4, 0.5) is 26.3 Å². The van der Waals surface area contributed by atoms with Gasteiger partial charge in [0.25, 0.3) is 0 Å². The number of alkyl halides is 6. The van der Waals surface area contributed by atoms with Crippen molar-refractivity contribution in [2.75, 3.05) is 19.6 Å². The zero-order valence-corrected chi connectivity index (χ0v) is 15.4. The van der Waals surface area contributed by atoms with Crippen LogP contribution in [0.3, 0.4) is 0 Å². The second kappa shape index (κ2) is 8.71. The lowest BCUT2D eigenvalue weighted by Crippen LogP contribution is -2.44. The highest BCUT2D eigenvalue weighted by molar-refractivity contribution is 8.13. The van der Waals surface area contributed by atoms with Gasteiger partial charge in [-0.1, -0.05) is 13.0 Å². The molecule has 6 nitrogen and oxygen atoms in total. The maximum Gasteiger partial charge on any atom is 0.480 e. The zero-order chi connectivity index (χ0) is 20.9. The van der Waals surface area contributed by atoms with Crippen molar-refractivity contribution in [3.63, 3.8) is 0 Å². The highest BCUT2D eigenvalue weighted by Crippen LogP contribution is 2.36. The molecule has 0 saturated heterocycles. The fourth-order valence-corrected chi connectivity index (χ4v) is 3.57. The van der Waals surface area contributed by atoms with Crippen molar-refractivity contribution in [1.29, 1.82) is 0 Å². The Morgan fingerprint density at radius 2 is 1.38 bits per heavy atom. The summed E-state index contributed by atoms with van der Waals surface area (Å²) in [6, 6.07) is 0. The van der Waals surface area contributed by atoms with E-state index in [1.54, 1.807) is 0 Å². The Morgan fingerprint density at radius 3 is 1.65 bits per heavy atom. The lowest BCUT2D eigenvalue weighted by Gasteiger charge is -2.33. The van der Waals surface area contributed by atoms with Gasteiger partial charge in [-0.3, -0.25) is 4.48 Å². The monoisotopic (exact) mass is 432 g/mol. The number of hydrogen-bond acceptors (Lipinski definition) is 4. The van der Waals surface area contributed by atoms with Crippen molar-refractivity contribution in [3.05, 3.63) is 28.6 Å². The van der Waals surface area contributed by atoms with Crippen LogP contribution < -0.4 is 0 Å². The summed E-state index contributed by atoms with van der Waals surface area (Å²) in [6.45, 7) is 8.19. The molecule has 0 aliphatic carbocycles. The first kappa shape index (κ1) is 24.9. The van der Waals surface area contributed by atoms with E-state index in [4.69, 9.17) is 0 Å². The summed E-state index contributed by atoms with van der Waals surface area (Å²) in [6.07, 6.45) is 10.2. The first-order valence-electron chi connectivity index (χ1n) is 7.10. The summed E-state index contributed by atoms with van der Waals surface area (Å²) in [5.41, 5.74) is -12.4. The van der Waals surface area contributed by atoms with Gasteiger partial charge in [0.1, 0.15) is 6.54 Å². The Labute approximate surface area is 147 Å². The van der Waals surface area contributed by atoms with Gasteiger partial charge in [-0.2, -0.15) is 26.3 Å². The van der Waals surface area contributed by atoms with E-state index in [1.165, 1.54) is 26.1 Å². The van der Waals surface area contributed by atoms with Crippen LogP contribution in [0.15, 0.2) is 24.4 Å². The molecule has 14 heteroatoms. The summed E-state index contributed by atoms with van der Waals surface area (Å²) >= 11 is 0. The summed E-state index contributed by atoms with van der Waals surface area (Å²) in [4.78, 5) is 0. The summed E-state index contributed by atoms with van der Waals surface area (Å²) in [5.74, 6) is 0. The molecule has 0 fully saturated rings. The highest BCUT2D eigenvalue weighted by atomic mass is 32.3. The predicted octanol–water partition coefficient (Wildman–Crippen LogP) is 3.38. The molecule has 0 aromatic rings. The average Bonchev–Trinajstić information content (AvgIpc) is 2.46. The molecule has 0 amide bonds. The standard InChI is InChI=1S/C10H18N.C2F6NO4S2/c1-3-8-11(4-2)9-6-5-7-10-11;3-1(4,5)14(10,11)9-15(12,13)2(6,7)8/h5-7,9H,3-4,8,10H2,1-2H3;/q+1;-1. The number of nitrogens with zero attached hydrogens (tertiary/aromatic N) is 2. The Balaban J connectivity index is 0.000000502. The molecule has 0 aromatic heterocycles. The topological polar surface area (TPSA) is 82.4 Å². The van der Waals surface area contributed by atoms with Gasteiger partial charge >= 0.3 is 11.0 Å². The van der Waals surface area contributed by atoms with Gasteiger partial charge in [0, 0.05) is 0 Å². The number of halogens is 6. The van der Waals surface area contributed by atoms with E-state index in [-0.39, 0.29) is 0 Å². The molecule has 1 heterocycles. The van der Waals surface area contributed by atoms with Crippen LogP contribution in [0.2, 0.25) is 0 Å². The molecule has 0 N–H and O–H groups in total. The van der Waals surface area contributed by atoms with E-state index in [9.17, 15) is 43.2 Å². The van der Waals surface area contributed by atoms with Crippen molar-refractivity contribution in [1.82, 2.24) is 0 Å². The van der Waals surface area contributed by atoms with Crippen LogP contribution in [0.5, 0.6) is 0 Å². The molecule has 0 radical (unpaired) electrons. The number of rotatable bonds is 5. The molecule has 1 rings (SSSR count). The Kier molecular flexibility index (Phi) is 8.34. The Hall–Kier alpha value is -1.12. The summed E-state index contributed by atoms with van der Waals surface area (Å²) in [5, 5.41) is 0. The maximum atomic E-state index is 11.4. The third-order valence-corrected chi connectivity index (χ3v) is 5.94. The van der Waals surface area contributed by atoms with Gasteiger partial charge in [-0.25, -0.2) is 16.8 Å². The molecule has 0 saturated carbocycles. The molecule has 1 aliphatic heterocycles. The minimum absolute atomic E-state index is 0.778. The number of hydrogen-bond donors (Lipinski definition) is 0. The van der Waals surface area contributed by atoms with E-state index < -0.39 is 31.1 Å². The number of allylic oxidation sites excluding steroid dienone is 2. The van der Waals surface area contributed by atoms with Gasteiger partial charge in [-0.05, 0) is 25.5 Å². The van der Waals surface area contributed by atoms with E-state index in [1.807, 2.05) is 0 Å². The van der Waals surface area contributed by atoms with Gasteiger partial charge in [0.2, 0.25) is 0 Å². The van der Waals surface area contributed by atoms with E-state index >= 15 is 0 Å². The van der Waals surface area contributed by atoms with Gasteiger partial charge < -0.3 is 4.13 Å². The molecule has 1 aliphatic rings. The first-order chi connectivity index (χ1) is 11.5. The van der Waals surface area contributed by atoms with E-state index in [0.717, 1.165) is 8.61 Å². The summed E-state index contributed by atoms with van der Waals surface area (Å²) in [7, 11) is -13.4. The quantitative estimate of drug-likeness (QED) is 0.493. The normalized spacial score (nSPS) is 21.2. The minimum atomic E-state index is -6.72. The van der Waals surface area contributed by atoms with Crippen molar-refractivity contribution in [3.8, 4) is 0 Å². The third kappa shape index (κ3) is 6.89. The van der Waals surface area contributed by atoms with Crippen LogP contribution in [0, 0.1) is 0 Å². The molecule has 26 heavy (non-hydrogen) atoms. The minimum Gasteiger partial charge on any atom is -0.421 e. The predicted molar refractivity (Wildman–Crippen MR) is 82.4 cm³/mol. The van der Waals surface area contributed by atoms with Gasteiger partial charge in [0.05, 0.1) is 19.3 Å². The fourth-order valence-electron chi connectivity index (χ4n) is 1.86. The zero-order valence-electron chi connectivity index (χ0n) is 13.7. The fraction of sp³-hybridized carbons (Fsp3) is 0.667. The van der Waals surface area contributed by atoms with E-state index in [2.05, 4.69) is 38.3 Å². The molecule has 1 unspecified atom stereocenters. The lowest BCUT2D eigenvalue weighted by molar-refractivity contribution is -0.872. The van der Waals surface area contributed by atoms with Crippen molar-refractivity contribution in [2.24, 2.45) is 0 Å². The van der Waals surface area contributed by atoms with Crippen molar-refractivity contribution in [2.45, 2.75) is 31.3 Å². The van der Waals surface area contributed by atoms with E-state index in [0.29, 0.717) is 0 Å². The first-order valence-corrected chi connectivity index (χ1v) is 9.98. The van der Waals surface area contributed by atoms with Crippen molar-refractivity contribution < 1.29 is 47.7 Å². The van der Waals surface area contributed by atoms with Crippen LogP contribution in [-0.2, 0) is 20.0 Å². The molecular formula is C12H18F6N2O4S2. The Bertz CT molecular complexity index is 684. The maximum absolute atomic E-state index is 11.4. The average molecular weight is 432 g/mol. The lowest BCUT2D eigenvalue weighted by atomic mass is 10.2. The second-order valence-corrected chi connectivity index (χ2v) is 8.55. The molecule has 0 bridgehead atoms. The van der Waals surface area contributed by atoms with Crippen LogP contribution in [0.25, 0.3) is 4.13 Å². The largest absolute Gasteiger partial charge is 0.480 e. The Morgan fingerprint density at radius 1 is 0.923 bits per heavy atom. The number of likely N-dealkylation sites (N-methyl/N-ethyl adjacent to an activating group) is 1. The molecule has 1 atom stereocenters. The SMILES string of the molecule is CCC[N+]1(CC)C=CC=CC1.O=S(=O)([N-]S(=O)(=O)C(F)(F)F)C(F)(F)F. The molecule has 0 spiro atoms. The highest BCUT2D eigenvalue weighted by Gasteiger charge is 2.46. The molecule has 0 aromatic carbocycles. The van der Waals surface area contributed by atoms with Crippen LogP contribution in [0.1, 0.15) is 20.3 Å². The second-order valence-electron chi connectivity index (χ2n) is 5.13. The third-order valence-electron chi connectivity index (χ3n) is 3.20. The van der Waals surface area contributed by atoms with Crippen LogP contribution in [-0.4, -0.2) is 52.0 Å². The van der Waals surface area contributed by atoms with Crippen LogP contribution >= 0.6 is 0 Å². The van der Waals surface area contributed by atoms with Gasteiger partial charge in [0.15, 0.2) is 20.0 Å². The number of quaternary nitrogens is 1. The van der Waals surface area contributed by atoms with Crippen molar-refractivity contribution >= 4 is 20.0 Å².